The van der Waals surface area contributed by atoms with Crippen molar-refractivity contribution in [3.8, 4) is 5.75 Å². The number of Topliss-reactive ketones (excluding diaryl/α,β-unsaturated/α-hetero) is 1. The van der Waals surface area contributed by atoms with E-state index in [4.69, 9.17) is 4.74 Å². The lowest BCUT2D eigenvalue weighted by Crippen LogP contribution is -2.20. The van der Waals surface area contributed by atoms with Gasteiger partial charge in [0.05, 0.1) is 6.10 Å². The van der Waals surface area contributed by atoms with E-state index in [0.29, 0.717) is 5.56 Å². The van der Waals surface area contributed by atoms with Crippen LogP contribution < -0.4 is 4.74 Å². The molecule has 0 radical (unpaired) electrons. The van der Waals surface area contributed by atoms with E-state index in [0.717, 1.165) is 25.7 Å². The topological polar surface area (TPSA) is 26.3 Å². The first-order valence-corrected chi connectivity index (χ1v) is 6.14. The zero-order valence-corrected chi connectivity index (χ0v) is 10.0. The Morgan fingerprint density at radius 3 is 2.59 bits per heavy atom. The van der Waals surface area contributed by atoms with Crippen molar-refractivity contribution in [2.45, 2.75) is 45.1 Å². The highest BCUT2D eigenvalue weighted by atomic mass is 19.1. The molecule has 92 valence electrons. The number of ether oxygens (including phenoxy) is 1. The number of ketones is 1. The maximum atomic E-state index is 13.7. The molecule has 1 fully saturated rings. The van der Waals surface area contributed by atoms with E-state index in [1.165, 1.54) is 19.4 Å². The largest absolute Gasteiger partial charge is 0.487 e. The van der Waals surface area contributed by atoms with Crippen LogP contribution in [0.1, 0.15) is 49.4 Å². The first-order chi connectivity index (χ1) is 8.16. The number of carbonyl (C=O) groups is 1. The van der Waals surface area contributed by atoms with E-state index in [2.05, 4.69) is 0 Å². The van der Waals surface area contributed by atoms with Crippen LogP contribution in [0.25, 0.3) is 0 Å². The molecule has 1 aromatic carbocycles. The summed E-state index contributed by atoms with van der Waals surface area (Å²) >= 11 is 0. The van der Waals surface area contributed by atoms with Gasteiger partial charge in [-0.1, -0.05) is 6.42 Å². The molecule has 1 aliphatic carbocycles. The van der Waals surface area contributed by atoms with Crippen molar-refractivity contribution < 1.29 is 13.9 Å². The molecule has 0 N–H and O–H groups in total. The van der Waals surface area contributed by atoms with Crippen LogP contribution >= 0.6 is 0 Å². The number of hydrogen-bond donors (Lipinski definition) is 0. The summed E-state index contributed by atoms with van der Waals surface area (Å²) < 4.78 is 19.3. The Morgan fingerprint density at radius 2 is 2.00 bits per heavy atom. The lowest BCUT2D eigenvalue weighted by Gasteiger charge is -2.23. The number of benzene rings is 1. The third-order valence-corrected chi connectivity index (χ3v) is 3.18. The Morgan fingerprint density at radius 1 is 1.29 bits per heavy atom. The molecule has 1 aromatic rings. The highest BCUT2D eigenvalue weighted by Crippen LogP contribution is 2.25. The smallest absolute Gasteiger partial charge is 0.165 e. The fourth-order valence-electron chi connectivity index (χ4n) is 2.18. The van der Waals surface area contributed by atoms with Crippen LogP contribution in [-0.2, 0) is 0 Å². The SMILES string of the molecule is CC(=O)c1ccc(OC2CCCCC2)c(F)c1. The van der Waals surface area contributed by atoms with Crippen LogP contribution in [0.3, 0.4) is 0 Å². The first-order valence-electron chi connectivity index (χ1n) is 6.14. The molecule has 1 aliphatic rings. The summed E-state index contributed by atoms with van der Waals surface area (Å²) in [4.78, 5) is 11.1. The quantitative estimate of drug-likeness (QED) is 0.747. The molecule has 0 spiro atoms. The van der Waals surface area contributed by atoms with E-state index >= 15 is 0 Å². The Labute approximate surface area is 101 Å². The molecular weight excluding hydrogens is 219 g/mol. The number of halogens is 1. The van der Waals surface area contributed by atoms with Crippen molar-refractivity contribution in [3.05, 3.63) is 29.6 Å². The van der Waals surface area contributed by atoms with Crippen LogP contribution in [0.2, 0.25) is 0 Å². The van der Waals surface area contributed by atoms with Gasteiger partial charge in [-0.25, -0.2) is 4.39 Å². The lowest BCUT2D eigenvalue weighted by atomic mass is 9.98. The van der Waals surface area contributed by atoms with Gasteiger partial charge in [-0.2, -0.15) is 0 Å². The van der Waals surface area contributed by atoms with E-state index in [-0.39, 0.29) is 17.6 Å². The molecule has 0 atom stereocenters. The third-order valence-electron chi connectivity index (χ3n) is 3.18. The minimum atomic E-state index is -0.441. The van der Waals surface area contributed by atoms with Gasteiger partial charge in [-0.15, -0.1) is 0 Å². The van der Waals surface area contributed by atoms with E-state index in [1.54, 1.807) is 12.1 Å². The Balaban J connectivity index is 2.08. The normalized spacial score (nSPS) is 16.8. The number of hydrogen-bond acceptors (Lipinski definition) is 2. The molecular formula is C14H17FO2. The first kappa shape index (κ1) is 12.1. The van der Waals surface area contributed by atoms with Gasteiger partial charge in [0.25, 0.3) is 0 Å². The van der Waals surface area contributed by atoms with Gasteiger partial charge in [0.1, 0.15) is 0 Å². The molecule has 0 bridgehead atoms. The van der Waals surface area contributed by atoms with Gasteiger partial charge in [-0.3, -0.25) is 4.79 Å². The molecule has 17 heavy (non-hydrogen) atoms. The van der Waals surface area contributed by atoms with Gasteiger partial charge >= 0.3 is 0 Å². The van der Waals surface area contributed by atoms with Gasteiger partial charge in [0.15, 0.2) is 17.3 Å². The second-order valence-corrected chi connectivity index (χ2v) is 4.58. The molecule has 0 heterocycles. The van der Waals surface area contributed by atoms with Crippen molar-refractivity contribution in [2.75, 3.05) is 0 Å². The number of rotatable bonds is 3. The second kappa shape index (κ2) is 5.30. The van der Waals surface area contributed by atoms with E-state index < -0.39 is 5.82 Å². The van der Waals surface area contributed by atoms with Gasteiger partial charge in [-0.05, 0) is 50.8 Å². The van der Waals surface area contributed by atoms with Gasteiger partial charge in [0, 0.05) is 5.56 Å². The molecule has 1 saturated carbocycles. The third kappa shape index (κ3) is 3.05. The zero-order valence-electron chi connectivity index (χ0n) is 10.0. The molecule has 3 heteroatoms. The fraction of sp³-hybridized carbons (Fsp3) is 0.500. The predicted octanol–water partition coefficient (Wildman–Crippen LogP) is 3.74. The van der Waals surface area contributed by atoms with Crippen molar-refractivity contribution in [1.29, 1.82) is 0 Å². The minimum absolute atomic E-state index is 0.126. The van der Waals surface area contributed by atoms with Crippen LogP contribution in [-0.4, -0.2) is 11.9 Å². The summed E-state index contributed by atoms with van der Waals surface area (Å²) in [6.45, 7) is 1.43. The second-order valence-electron chi connectivity index (χ2n) is 4.58. The number of carbonyl (C=O) groups excluding carboxylic acids is 1. The Bertz CT molecular complexity index is 409. The van der Waals surface area contributed by atoms with Crippen LogP contribution in [0.15, 0.2) is 18.2 Å². The lowest BCUT2D eigenvalue weighted by molar-refractivity contribution is 0.101. The molecule has 0 saturated heterocycles. The van der Waals surface area contributed by atoms with Crippen LogP contribution in [0, 0.1) is 5.82 Å². The monoisotopic (exact) mass is 236 g/mol. The molecule has 0 aliphatic heterocycles. The van der Waals surface area contributed by atoms with E-state index in [1.807, 2.05) is 0 Å². The fourth-order valence-corrected chi connectivity index (χ4v) is 2.18. The average Bonchev–Trinajstić information content (AvgIpc) is 2.33. The summed E-state index contributed by atoms with van der Waals surface area (Å²) in [5.74, 6) is -0.307. The van der Waals surface area contributed by atoms with Crippen LogP contribution in [0.5, 0.6) is 5.75 Å². The van der Waals surface area contributed by atoms with Crippen molar-refractivity contribution in [3.63, 3.8) is 0 Å². The molecule has 0 unspecified atom stereocenters. The molecule has 0 amide bonds. The van der Waals surface area contributed by atoms with Crippen LogP contribution in [0.4, 0.5) is 4.39 Å². The maximum absolute atomic E-state index is 13.7. The summed E-state index contributed by atoms with van der Waals surface area (Å²) in [5, 5.41) is 0. The Kier molecular flexibility index (Phi) is 3.77. The predicted molar refractivity (Wildman–Crippen MR) is 63.9 cm³/mol. The van der Waals surface area contributed by atoms with Gasteiger partial charge < -0.3 is 4.74 Å². The standard InChI is InChI=1S/C14H17FO2/c1-10(16)11-7-8-14(13(15)9-11)17-12-5-3-2-4-6-12/h7-9,12H,2-6H2,1H3. The molecule has 2 nitrogen and oxygen atoms in total. The highest BCUT2D eigenvalue weighted by molar-refractivity contribution is 5.94. The minimum Gasteiger partial charge on any atom is -0.487 e. The summed E-state index contributed by atoms with van der Waals surface area (Å²) in [6.07, 6.45) is 5.66. The molecule has 2 rings (SSSR count). The summed E-state index contributed by atoms with van der Waals surface area (Å²) in [6, 6.07) is 4.42. The average molecular weight is 236 g/mol. The summed E-state index contributed by atoms with van der Waals surface area (Å²) in [5.41, 5.74) is 0.387. The van der Waals surface area contributed by atoms with Crippen molar-refractivity contribution >= 4 is 5.78 Å². The van der Waals surface area contributed by atoms with Crippen molar-refractivity contribution in [1.82, 2.24) is 0 Å². The maximum Gasteiger partial charge on any atom is 0.165 e. The zero-order chi connectivity index (χ0) is 12.3. The van der Waals surface area contributed by atoms with Gasteiger partial charge in [0.2, 0.25) is 0 Å². The Hall–Kier alpha value is -1.38. The van der Waals surface area contributed by atoms with E-state index in [9.17, 15) is 9.18 Å². The van der Waals surface area contributed by atoms with Crippen molar-refractivity contribution in [2.24, 2.45) is 0 Å². The molecule has 0 aromatic heterocycles. The summed E-state index contributed by atoms with van der Waals surface area (Å²) in [7, 11) is 0. The highest BCUT2D eigenvalue weighted by Gasteiger charge is 2.17.